The van der Waals surface area contributed by atoms with Crippen LogP contribution in [0.2, 0.25) is 0 Å². The van der Waals surface area contributed by atoms with Gasteiger partial charge < -0.3 is 15.5 Å². The Morgan fingerprint density at radius 3 is 2.19 bits per heavy atom. The van der Waals surface area contributed by atoms with E-state index < -0.39 is 0 Å². The number of rotatable bonds is 7. The Morgan fingerprint density at radius 2 is 1.54 bits per heavy atom. The first kappa shape index (κ1) is 19.2. The smallest absolute Gasteiger partial charge is 0.226 e. The van der Waals surface area contributed by atoms with Crippen molar-refractivity contribution in [3.05, 3.63) is 54.6 Å². The lowest BCUT2D eigenvalue weighted by Gasteiger charge is -2.17. The molecule has 0 aliphatic rings. The van der Waals surface area contributed by atoms with Crippen molar-refractivity contribution in [1.82, 2.24) is 0 Å². The summed E-state index contributed by atoms with van der Waals surface area (Å²) < 4.78 is 0. The molecule has 0 atom stereocenters. The van der Waals surface area contributed by atoms with Crippen molar-refractivity contribution >= 4 is 34.8 Å². The van der Waals surface area contributed by atoms with Crippen molar-refractivity contribution in [2.75, 3.05) is 22.6 Å². The maximum absolute atomic E-state index is 12.2. The molecule has 0 saturated carbocycles. The third-order valence-corrected chi connectivity index (χ3v) is 3.78. The summed E-state index contributed by atoms with van der Waals surface area (Å²) in [5, 5.41) is 5.44. The highest BCUT2D eigenvalue weighted by atomic mass is 16.2. The molecule has 0 heterocycles. The third kappa shape index (κ3) is 6.05. The van der Waals surface area contributed by atoms with Crippen LogP contribution in [0.4, 0.5) is 17.1 Å². The van der Waals surface area contributed by atoms with E-state index in [0.29, 0.717) is 24.2 Å². The van der Waals surface area contributed by atoms with Gasteiger partial charge in [-0.1, -0.05) is 24.3 Å². The van der Waals surface area contributed by atoms with Crippen LogP contribution in [0.15, 0.2) is 54.6 Å². The summed E-state index contributed by atoms with van der Waals surface area (Å²) in [6.07, 6.45) is 1.01. The minimum absolute atomic E-state index is 0.0309. The number of carbonyl (C=O) groups excluding carboxylic acids is 3. The van der Waals surface area contributed by atoms with Gasteiger partial charge in [0.2, 0.25) is 17.7 Å². The predicted molar refractivity (Wildman–Crippen MR) is 103 cm³/mol. The zero-order chi connectivity index (χ0) is 18.9. The maximum Gasteiger partial charge on any atom is 0.226 e. The second kappa shape index (κ2) is 9.36. The van der Waals surface area contributed by atoms with Crippen LogP contribution in [0.1, 0.15) is 26.2 Å². The Labute approximate surface area is 153 Å². The standard InChI is InChI=1S/C20H23N3O3/c1-15(24)21-16-8-6-9-17(14-16)22-19(25)12-7-13-20(26)23(2)18-10-4-3-5-11-18/h3-6,8-11,14H,7,12-13H2,1-2H3,(H,21,24)(H,22,25). The number of anilines is 3. The summed E-state index contributed by atoms with van der Waals surface area (Å²) in [6.45, 7) is 1.43. The first-order valence-electron chi connectivity index (χ1n) is 8.45. The van der Waals surface area contributed by atoms with Crippen LogP contribution in [0.5, 0.6) is 0 Å². The molecule has 6 heteroatoms. The van der Waals surface area contributed by atoms with Gasteiger partial charge in [-0.3, -0.25) is 14.4 Å². The highest BCUT2D eigenvalue weighted by Crippen LogP contribution is 2.16. The Kier molecular flexibility index (Phi) is 6.91. The van der Waals surface area contributed by atoms with Gasteiger partial charge in [-0.05, 0) is 36.8 Å². The van der Waals surface area contributed by atoms with Crippen molar-refractivity contribution in [3.63, 3.8) is 0 Å². The number of hydrogen-bond acceptors (Lipinski definition) is 3. The number of nitrogens with zero attached hydrogens (tertiary/aromatic N) is 1. The van der Waals surface area contributed by atoms with Gasteiger partial charge in [0, 0.05) is 43.9 Å². The van der Waals surface area contributed by atoms with E-state index in [1.54, 1.807) is 36.2 Å². The normalized spacial score (nSPS) is 10.1. The van der Waals surface area contributed by atoms with E-state index in [-0.39, 0.29) is 24.1 Å². The molecule has 2 N–H and O–H groups in total. The molecule has 2 aromatic rings. The van der Waals surface area contributed by atoms with Crippen LogP contribution >= 0.6 is 0 Å². The first-order chi connectivity index (χ1) is 12.5. The van der Waals surface area contributed by atoms with Crippen LogP contribution in [-0.2, 0) is 14.4 Å². The fourth-order valence-electron chi connectivity index (χ4n) is 2.46. The van der Waals surface area contributed by atoms with Crippen molar-refractivity contribution in [2.24, 2.45) is 0 Å². The minimum atomic E-state index is -0.172. The number of nitrogens with one attached hydrogen (secondary N) is 2. The summed E-state index contributed by atoms with van der Waals surface area (Å²) in [5.41, 5.74) is 2.06. The minimum Gasteiger partial charge on any atom is -0.326 e. The topological polar surface area (TPSA) is 78.5 Å². The van der Waals surface area contributed by atoms with E-state index in [2.05, 4.69) is 10.6 Å². The van der Waals surface area contributed by atoms with E-state index >= 15 is 0 Å². The van der Waals surface area contributed by atoms with Gasteiger partial charge in [-0.25, -0.2) is 0 Å². The van der Waals surface area contributed by atoms with Crippen LogP contribution in [0, 0.1) is 0 Å². The predicted octanol–water partition coefficient (Wildman–Crippen LogP) is 3.42. The zero-order valence-corrected chi connectivity index (χ0v) is 15.0. The number of amides is 3. The first-order valence-corrected chi connectivity index (χ1v) is 8.45. The molecule has 0 aliphatic heterocycles. The lowest BCUT2D eigenvalue weighted by molar-refractivity contribution is -0.119. The molecule has 6 nitrogen and oxygen atoms in total. The van der Waals surface area contributed by atoms with Crippen molar-refractivity contribution in [3.8, 4) is 0 Å². The van der Waals surface area contributed by atoms with E-state index in [4.69, 9.17) is 0 Å². The van der Waals surface area contributed by atoms with Gasteiger partial charge in [0.15, 0.2) is 0 Å². The van der Waals surface area contributed by atoms with Gasteiger partial charge >= 0.3 is 0 Å². The molecule has 3 amide bonds. The number of para-hydroxylation sites is 1. The largest absolute Gasteiger partial charge is 0.326 e. The molecule has 2 aromatic carbocycles. The maximum atomic E-state index is 12.2. The molecule has 0 spiro atoms. The molecule has 0 aromatic heterocycles. The van der Waals surface area contributed by atoms with Gasteiger partial charge in [0.05, 0.1) is 0 Å². The molecule has 0 aliphatic carbocycles. The highest BCUT2D eigenvalue weighted by molar-refractivity contribution is 5.95. The van der Waals surface area contributed by atoms with E-state index in [9.17, 15) is 14.4 Å². The second-order valence-electron chi connectivity index (χ2n) is 5.95. The average molecular weight is 353 g/mol. The molecule has 0 fully saturated rings. The number of carbonyl (C=O) groups is 3. The summed E-state index contributed by atoms with van der Waals surface area (Å²) in [6, 6.07) is 16.3. The lowest BCUT2D eigenvalue weighted by atomic mass is 10.2. The Bertz CT molecular complexity index is 775. The molecule has 136 valence electrons. The van der Waals surface area contributed by atoms with Gasteiger partial charge in [0.25, 0.3) is 0 Å². The van der Waals surface area contributed by atoms with Gasteiger partial charge in [0.1, 0.15) is 0 Å². The fraction of sp³-hybridized carbons (Fsp3) is 0.250. The van der Waals surface area contributed by atoms with Crippen molar-refractivity contribution in [2.45, 2.75) is 26.2 Å². The molecular formula is C20H23N3O3. The summed E-state index contributed by atoms with van der Waals surface area (Å²) in [4.78, 5) is 36.9. The van der Waals surface area contributed by atoms with Gasteiger partial charge in [-0.15, -0.1) is 0 Å². The molecule has 26 heavy (non-hydrogen) atoms. The van der Waals surface area contributed by atoms with E-state index in [0.717, 1.165) is 5.69 Å². The Balaban J connectivity index is 1.78. The van der Waals surface area contributed by atoms with Crippen LogP contribution in [0.25, 0.3) is 0 Å². The Hall–Kier alpha value is -3.15. The quantitative estimate of drug-likeness (QED) is 0.800. The van der Waals surface area contributed by atoms with Crippen molar-refractivity contribution < 1.29 is 14.4 Å². The average Bonchev–Trinajstić information content (AvgIpc) is 2.61. The summed E-state index contributed by atoms with van der Waals surface area (Å²) in [5.74, 6) is -0.369. The number of benzene rings is 2. The van der Waals surface area contributed by atoms with Crippen LogP contribution in [0.3, 0.4) is 0 Å². The fourth-order valence-corrected chi connectivity index (χ4v) is 2.46. The van der Waals surface area contributed by atoms with E-state index in [1.807, 2.05) is 30.3 Å². The highest BCUT2D eigenvalue weighted by Gasteiger charge is 2.11. The summed E-state index contributed by atoms with van der Waals surface area (Å²) >= 11 is 0. The lowest BCUT2D eigenvalue weighted by Crippen LogP contribution is -2.26. The zero-order valence-electron chi connectivity index (χ0n) is 15.0. The third-order valence-electron chi connectivity index (χ3n) is 3.78. The van der Waals surface area contributed by atoms with Crippen LogP contribution in [-0.4, -0.2) is 24.8 Å². The van der Waals surface area contributed by atoms with Crippen molar-refractivity contribution in [1.29, 1.82) is 0 Å². The molecule has 0 unspecified atom stereocenters. The number of hydrogen-bond donors (Lipinski definition) is 2. The Morgan fingerprint density at radius 1 is 0.885 bits per heavy atom. The van der Waals surface area contributed by atoms with E-state index in [1.165, 1.54) is 6.92 Å². The van der Waals surface area contributed by atoms with Crippen LogP contribution < -0.4 is 15.5 Å². The summed E-state index contributed by atoms with van der Waals surface area (Å²) in [7, 11) is 1.73. The molecule has 0 radical (unpaired) electrons. The molecule has 0 saturated heterocycles. The molecular weight excluding hydrogens is 330 g/mol. The monoisotopic (exact) mass is 353 g/mol. The molecule has 0 bridgehead atoms. The molecule has 2 rings (SSSR count). The van der Waals surface area contributed by atoms with Gasteiger partial charge in [-0.2, -0.15) is 0 Å². The SMILES string of the molecule is CC(=O)Nc1cccc(NC(=O)CCCC(=O)N(C)c2ccccc2)c1. The second-order valence-corrected chi connectivity index (χ2v) is 5.95.